The van der Waals surface area contributed by atoms with E-state index in [9.17, 15) is 14.0 Å². The molecule has 0 aliphatic carbocycles. The quantitative estimate of drug-likeness (QED) is 0.296. The lowest BCUT2D eigenvalue weighted by atomic mass is 10.0. The maximum atomic E-state index is 13.6. The van der Waals surface area contributed by atoms with E-state index in [2.05, 4.69) is 20.2 Å². The summed E-state index contributed by atoms with van der Waals surface area (Å²) in [7, 11) is 0. The number of ether oxygens (including phenoxy) is 2. The Morgan fingerprint density at radius 2 is 1.83 bits per heavy atom. The van der Waals surface area contributed by atoms with Crippen LogP contribution in [0.2, 0.25) is 0 Å². The Morgan fingerprint density at radius 1 is 1.00 bits per heavy atom. The zero-order valence-corrected chi connectivity index (χ0v) is 22.1. The number of aromatic nitrogens is 3. The van der Waals surface area contributed by atoms with Crippen molar-refractivity contribution >= 4 is 29.0 Å². The molecule has 1 unspecified atom stereocenters. The summed E-state index contributed by atoms with van der Waals surface area (Å²) in [4.78, 5) is 39.3. The predicted octanol–water partition coefficient (Wildman–Crippen LogP) is 3.52. The van der Waals surface area contributed by atoms with Crippen LogP contribution in [0.5, 0.6) is 5.75 Å². The molecule has 0 bridgehead atoms. The molecule has 1 N–H and O–H groups in total. The molecule has 10 nitrogen and oxygen atoms in total. The fourth-order valence-corrected chi connectivity index (χ4v) is 5.78. The molecule has 41 heavy (non-hydrogen) atoms. The van der Waals surface area contributed by atoms with Crippen molar-refractivity contribution in [2.24, 2.45) is 0 Å². The number of amides is 1. The van der Waals surface area contributed by atoms with E-state index in [1.165, 1.54) is 12.4 Å². The van der Waals surface area contributed by atoms with Gasteiger partial charge in [-0.2, -0.15) is 0 Å². The number of fused-ring (bicyclic) bond motifs is 4. The Kier molecular flexibility index (Phi) is 6.35. The van der Waals surface area contributed by atoms with Gasteiger partial charge in [-0.1, -0.05) is 30.3 Å². The number of benzene rings is 2. The number of hydrogen-bond donors (Lipinski definition) is 1. The highest BCUT2D eigenvalue weighted by molar-refractivity contribution is 6.47. The van der Waals surface area contributed by atoms with E-state index in [1.807, 2.05) is 51.9 Å². The van der Waals surface area contributed by atoms with Gasteiger partial charge in [-0.15, -0.1) is 0 Å². The van der Waals surface area contributed by atoms with Gasteiger partial charge >= 0.3 is 0 Å². The third-order valence-electron chi connectivity index (χ3n) is 7.73. The van der Waals surface area contributed by atoms with Gasteiger partial charge in [-0.25, -0.2) is 14.4 Å². The van der Waals surface area contributed by atoms with Gasteiger partial charge in [0, 0.05) is 49.2 Å². The fraction of sp³-hybridized carbons (Fsp3) is 0.267. The number of nitrogens with zero attached hydrogens (tertiary/aromatic N) is 5. The van der Waals surface area contributed by atoms with Crippen LogP contribution >= 0.6 is 0 Å². The largest absolute Gasteiger partial charge is 0.489 e. The Hall–Kier alpha value is -4.77. The van der Waals surface area contributed by atoms with E-state index in [1.54, 1.807) is 12.1 Å². The van der Waals surface area contributed by atoms with Crippen LogP contribution in [0.25, 0.3) is 11.1 Å². The molecule has 208 valence electrons. The second-order valence-corrected chi connectivity index (χ2v) is 10.2. The molecule has 5 heterocycles. The number of piperazine rings is 1. The molecule has 0 saturated carbocycles. The first kappa shape index (κ1) is 25.2. The summed E-state index contributed by atoms with van der Waals surface area (Å²) in [6.07, 6.45) is 2.34. The highest BCUT2D eigenvalue weighted by Gasteiger charge is 2.34. The zero-order valence-electron chi connectivity index (χ0n) is 22.1. The first-order valence-corrected chi connectivity index (χ1v) is 13.5. The van der Waals surface area contributed by atoms with Crippen LogP contribution in [0.3, 0.4) is 0 Å². The summed E-state index contributed by atoms with van der Waals surface area (Å²) in [5.74, 6) is -0.649. The van der Waals surface area contributed by atoms with Gasteiger partial charge in [0.05, 0.1) is 37.3 Å². The van der Waals surface area contributed by atoms with Gasteiger partial charge in [-0.3, -0.25) is 9.59 Å². The lowest BCUT2D eigenvalue weighted by Crippen LogP contribution is -2.57. The van der Waals surface area contributed by atoms with Gasteiger partial charge in [0.15, 0.2) is 5.82 Å². The number of rotatable bonds is 5. The molecular formula is C30H27FN6O4. The number of hydrogen-bond acceptors (Lipinski definition) is 8. The van der Waals surface area contributed by atoms with Crippen molar-refractivity contribution in [3.05, 3.63) is 84.2 Å². The van der Waals surface area contributed by atoms with E-state index in [4.69, 9.17) is 9.47 Å². The van der Waals surface area contributed by atoms with Crippen LogP contribution < -0.4 is 19.9 Å². The van der Waals surface area contributed by atoms with Crippen LogP contribution in [0.4, 0.5) is 21.7 Å². The summed E-state index contributed by atoms with van der Waals surface area (Å²) in [6.45, 7) is 3.82. The molecule has 2 aromatic carbocycles. The molecule has 1 atom stereocenters. The van der Waals surface area contributed by atoms with E-state index in [-0.39, 0.29) is 6.04 Å². The van der Waals surface area contributed by atoms with Crippen LogP contribution in [-0.4, -0.2) is 65.1 Å². The number of halogens is 1. The van der Waals surface area contributed by atoms with Gasteiger partial charge in [-0.05, 0) is 23.8 Å². The van der Waals surface area contributed by atoms with Crippen LogP contribution in [0, 0.1) is 5.82 Å². The van der Waals surface area contributed by atoms with Gasteiger partial charge in [0.1, 0.15) is 18.1 Å². The Balaban J connectivity index is 1.09. The highest BCUT2D eigenvalue weighted by Crippen LogP contribution is 2.38. The molecular weight excluding hydrogens is 527 g/mol. The third-order valence-corrected chi connectivity index (χ3v) is 7.73. The standard InChI is InChI=1S/C30H27FN6O4/c31-20-14-32-30(33-15-20)35-8-9-36-23(16-35)18-41-26-12-21(6-7-25(26)36)34-29(39)28(38)27-24(19-4-2-1-3-5-19)13-22-17-40-11-10-37(22)27/h1-7,12-15,23H,8-11,16-18H2,(H,34,39). The molecule has 4 aromatic rings. The van der Waals surface area contributed by atoms with Crippen LogP contribution in [0.15, 0.2) is 67.0 Å². The monoisotopic (exact) mass is 554 g/mol. The van der Waals surface area contributed by atoms with Crippen molar-refractivity contribution < 1.29 is 23.5 Å². The summed E-state index contributed by atoms with van der Waals surface area (Å²) < 4.78 is 26.8. The number of carbonyl (C=O) groups is 2. The van der Waals surface area contributed by atoms with Gasteiger partial charge in [0.2, 0.25) is 5.95 Å². The summed E-state index contributed by atoms with van der Waals surface area (Å²) in [5, 5.41) is 2.78. The topological polar surface area (TPSA) is 102 Å². The van der Waals surface area contributed by atoms with E-state index in [0.29, 0.717) is 69.1 Å². The van der Waals surface area contributed by atoms with Crippen molar-refractivity contribution in [3.63, 3.8) is 0 Å². The molecule has 1 fully saturated rings. The van der Waals surface area contributed by atoms with Crippen molar-refractivity contribution in [1.82, 2.24) is 14.5 Å². The molecule has 3 aliphatic heterocycles. The average molecular weight is 555 g/mol. The van der Waals surface area contributed by atoms with Crippen molar-refractivity contribution in [1.29, 1.82) is 0 Å². The Labute approximate surface area is 235 Å². The maximum Gasteiger partial charge on any atom is 0.298 e. The highest BCUT2D eigenvalue weighted by atomic mass is 19.1. The molecule has 1 amide bonds. The number of carbonyl (C=O) groups excluding carboxylic acids is 2. The SMILES string of the molecule is O=C(Nc1ccc2c(c1)OCC1CN(c3ncc(F)cn3)CCN21)C(=O)c1c(-c2ccccc2)cc2n1CCOC2. The number of Topliss-reactive ketones (excluding diaryl/α,β-unsaturated/α-hetero) is 1. The molecule has 0 spiro atoms. The smallest absolute Gasteiger partial charge is 0.298 e. The molecule has 0 radical (unpaired) electrons. The second-order valence-electron chi connectivity index (χ2n) is 10.2. The number of nitrogens with one attached hydrogen (secondary N) is 1. The minimum atomic E-state index is -0.712. The minimum Gasteiger partial charge on any atom is -0.489 e. The maximum absolute atomic E-state index is 13.6. The summed E-state index contributed by atoms with van der Waals surface area (Å²) >= 11 is 0. The molecule has 3 aliphatic rings. The molecule has 2 aromatic heterocycles. The number of anilines is 3. The van der Waals surface area contributed by atoms with Crippen LogP contribution in [0.1, 0.15) is 16.2 Å². The van der Waals surface area contributed by atoms with Crippen molar-refractivity contribution in [3.8, 4) is 16.9 Å². The van der Waals surface area contributed by atoms with Gasteiger partial charge < -0.3 is 29.2 Å². The number of ketones is 1. The van der Waals surface area contributed by atoms with E-state index < -0.39 is 17.5 Å². The first-order chi connectivity index (χ1) is 20.0. The predicted molar refractivity (Wildman–Crippen MR) is 150 cm³/mol. The average Bonchev–Trinajstić information content (AvgIpc) is 3.40. The summed E-state index contributed by atoms with van der Waals surface area (Å²) in [6, 6.07) is 17.0. The minimum absolute atomic E-state index is 0.0628. The lowest BCUT2D eigenvalue weighted by molar-refractivity contribution is -0.112. The molecule has 11 heteroatoms. The van der Waals surface area contributed by atoms with Crippen LogP contribution in [-0.2, 0) is 22.7 Å². The molecule has 7 rings (SSSR count). The second kappa shape index (κ2) is 10.3. The van der Waals surface area contributed by atoms with E-state index in [0.717, 1.165) is 22.5 Å². The van der Waals surface area contributed by atoms with Crippen molar-refractivity contribution in [2.45, 2.75) is 19.2 Å². The third kappa shape index (κ3) is 4.67. The first-order valence-electron chi connectivity index (χ1n) is 13.5. The molecule has 1 saturated heterocycles. The fourth-order valence-electron chi connectivity index (χ4n) is 5.78. The Bertz CT molecular complexity index is 1620. The lowest BCUT2D eigenvalue weighted by Gasteiger charge is -2.45. The zero-order chi connectivity index (χ0) is 27.9. The van der Waals surface area contributed by atoms with E-state index >= 15 is 0 Å². The van der Waals surface area contributed by atoms with Gasteiger partial charge in [0.25, 0.3) is 11.7 Å². The Morgan fingerprint density at radius 3 is 2.66 bits per heavy atom. The summed E-state index contributed by atoms with van der Waals surface area (Å²) in [5.41, 5.74) is 4.22. The normalized spacial score (nSPS) is 17.6. The van der Waals surface area contributed by atoms with Crippen molar-refractivity contribution in [2.75, 3.05) is 48.0 Å².